The van der Waals surface area contributed by atoms with Crippen molar-refractivity contribution in [3.8, 4) is 0 Å². The molecule has 56 heavy (non-hydrogen) atoms. The van der Waals surface area contributed by atoms with Crippen molar-refractivity contribution in [1.29, 1.82) is 0 Å². The summed E-state index contributed by atoms with van der Waals surface area (Å²) in [6.07, 6.45) is 45.7. The van der Waals surface area contributed by atoms with Crippen molar-refractivity contribution < 1.29 is 43.0 Å². The molecule has 0 bridgehead atoms. The zero-order valence-electron chi connectivity index (χ0n) is 36.4. The number of rotatable bonds is 45. The van der Waals surface area contributed by atoms with Gasteiger partial charge in [0.2, 0.25) is 0 Å². The van der Waals surface area contributed by atoms with Gasteiger partial charge in [0.25, 0.3) is 0 Å². The zero-order valence-corrected chi connectivity index (χ0v) is 37.3. The van der Waals surface area contributed by atoms with Crippen molar-refractivity contribution in [2.45, 2.75) is 232 Å². The number of allylic oxidation sites excluding steroid dienone is 4. The van der Waals surface area contributed by atoms with Gasteiger partial charge in [-0.2, -0.15) is 0 Å². The van der Waals surface area contributed by atoms with Gasteiger partial charge in [-0.05, 0) is 38.5 Å². The van der Waals surface area contributed by atoms with Crippen LogP contribution in [-0.4, -0.2) is 66.3 Å². The number of hydrogen-bond acceptors (Lipinski definition) is 8. The monoisotopic (exact) mass is 817 g/mol. The number of aliphatic hydroxyl groups excluding tert-OH is 2. The molecule has 0 saturated carbocycles. The van der Waals surface area contributed by atoms with Crippen LogP contribution in [0.1, 0.15) is 219 Å². The summed E-state index contributed by atoms with van der Waals surface area (Å²) in [4.78, 5) is 22.6. The van der Waals surface area contributed by atoms with E-state index >= 15 is 0 Å². The standard InChI is InChI=1S/C46H89O9P/c1-3-5-7-9-11-13-15-17-19-20-21-22-23-24-25-27-29-31-33-35-37-39-52-42-45(43-54-56(50,51)53-41-44(48)40-47)55-46(49)38-36-34-32-30-28-26-18-16-14-12-10-8-6-4-2/h10,12,16,18,44-45,47-48H,3-9,11,13-15,17,19-43H2,1-2H3,(H,50,51)/b12-10-,18-16-. The van der Waals surface area contributed by atoms with Gasteiger partial charge in [-0.15, -0.1) is 0 Å². The Labute approximate surface area is 344 Å². The van der Waals surface area contributed by atoms with Gasteiger partial charge in [0.05, 0.1) is 26.4 Å². The number of hydrogen-bond donors (Lipinski definition) is 3. The fraction of sp³-hybridized carbons (Fsp3) is 0.891. The highest BCUT2D eigenvalue weighted by atomic mass is 31.2. The number of ether oxygens (including phenoxy) is 2. The highest BCUT2D eigenvalue weighted by molar-refractivity contribution is 7.47. The zero-order chi connectivity index (χ0) is 41.1. The molecule has 0 amide bonds. The van der Waals surface area contributed by atoms with Crippen molar-refractivity contribution in [3.05, 3.63) is 24.3 Å². The van der Waals surface area contributed by atoms with Crippen LogP contribution in [0.2, 0.25) is 0 Å². The van der Waals surface area contributed by atoms with Gasteiger partial charge in [0, 0.05) is 13.0 Å². The Morgan fingerprint density at radius 2 is 0.982 bits per heavy atom. The molecular weight excluding hydrogens is 727 g/mol. The van der Waals surface area contributed by atoms with Crippen molar-refractivity contribution in [2.75, 3.05) is 33.0 Å². The predicted octanol–water partition coefficient (Wildman–Crippen LogP) is 13.0. The molecule has 9 nitrogen and oxygen atoms in total. The lowest BCUT2D eigenvalue weighted by Gasteiger charge is -2.20. The van der Waals surface area contributed by atoms with Crippen LogP contribution in [0.4, 0.5) is 0 Å². The number of aliphatic hydroxyl groups is 2. The van der Waals surface area contributed by atoms with Gasteiger partial charge in [-0.25, -0.2) is 4.57 Å². The number of phosphoric ester groups is 1. The molecule has 0 radical (unpaired) electrons. The first kappa shape index (κ1) is 54.9. The van der Waals surface area contributed by atoms with E-state index in [1.54, 1.807) is 0 Å². The summed E-state index contributed by atoms with van der Waals surface area (Å²) in [6, 6.07) is 0. The van der Waals surface area contributed by atoms with Crippen LogP contribution < -0.4 is 0 Å². The number of esters is 1. The Morgan fingerprint density at radius 1 is 0.554 bits per heavy atom. The fourth-order valence-corrected chi connectivity index (χ4v) is 7.34. The molecule has 0 aliphatic heterocycles. The van der Waals surface area contributed by atoms with E-state index in [9.17, 15) is 19.4 Å². The van der Waals surface area contributed by atoms with E-state index in [0.717, 1.165) is 57.8 Å². The minimum Gasteiger partial charge on any atom is -0.457 e. The lowest BCUT2D eigenvalue weighted by molar-refractivity contribution is -0.154. The van der Waals surface area contributed by atoms with Gasteiger partial charge < -0.3 is 24.6 Å². The second kappa shape index (κ2) is 43.5. The Morgan fingerprint density at radius 3 is 1.48 bits per heavy atom. The van der Waals surface area contributed by atoms with Gasteiger partial charge in [-0.1, -0.05) is 199 Å². The molecule has 0 aliphatic rings. The van der Waals surface area contributed by atoms with E-state index in [1.807, 2.05) is 0 Å². The minimum atomic E-state index is -4.52. The van der Waals surface area contributed by atoms with Gasteiger partial charge in [0.1, 0.15) is 12.2 Å². The number of carbonyl (C=O) groups excluding carboxylic acids is 1. The third-order valence-electron chi connectivity index (χ3n) is 10.1. The summed E-state index contributed by atoms with van der Waals surface area (Å²) < 4.78 is 33.4. The van der Waals surface area contributed by atoms with E-state index in [-0.39, 0.29) is 19.6 Å². The molecule has 0 aromatic heterocycles. The predicted molar refractivity (Wildman–Crippen MR) is 233 cm³/mol. The van der Waals surface area contributed by atoms with E-state index in [0.29, 0.717) is 13.0 Å². The molecule has 3 atom stereocenters. The summed E-state index contributed by atoms with van der Waals surface area (Å²) in [5, 5.41) is 18.4. The quantitative estimate of drug-likeness (QED) is 0.0238. The SMILES string of the molecule is CCCC/C=C\C/C=C\CCCCCCCC(=O)OC(COCCCCCCCCCCCCCCCCCCCCCCC)COP(=O)(O)OCC(O)CO. The molecule has 0 rings (SSSR count). The molecule has 332 valence electrons. The molecule has 3 N–H and O–H groups in total. The van der Waals surface area contributed by atoms with Crippen LogP contribution in [0.25, 0.3) is 0 Å². The first-order valence-corrected chi connectivity index (χ1v) is 24.8. The maximum atomic E-state index is 12.6. The molecular formula is C46H89O9P. The number of carbonyl (C=O) groups is 1. The summed E-state index contributed by atoms with van der Waals surface area (Å²) in [7, 11) is -4.52. The number of phosphoric acid groups is 1. The second-order valence-corrected chi connectivity index (χ2v) is 17.2. The molecule has 0 aromatic rings. The molecule has 0 spiro atoms. The number of unbranched alkanes of at least 4 members (excludes halogenated alkanes) is 27. The average Bonchev–Trinajstić information content (AvgIpc) is 3.19. The smallest absolute Gasteiger partial charge is 0.457 e. The summed E-state index contributed by atoms with van der Waals surface area (Å²) in [5.74, 6) is -0.393. The van der Waals surface area contributed by atoms with Gasteiger partial charge in [-0.3, -0.25) is 13.8 Å². The molecule has 10 heteroatoms. The van der Waals surface area contributed by atoms with E-state index in [4.69, 9.17) is 23.6 Å². The molecule has 0 fully saturated rings. The topological polar surface area (TPSA) is 132 Å². The first-order chi connectivity index (χ1) is 27.3. The summed E-state index contributed by atoms with van der Waals surface area (Å²) in [5.41, 5.74) is 0. The van der Waals surface area contributed by atoms with Gasteiger partial charge >= 0.3 is 13.8 Å². The largest absolute Gasteiger partial charge is 0.472 e. The maximum absolute atomic E-state index is 12.6. The molecule has 0 aromatic carbocycles. The Bertz CT molecular complexity index is 928. The van der Waals surface area contributed by atoms with Crippen LogP contribution in [0.15, 0.2) is 24.3 Å². The van der Waals surface area contributed by atoms with Crippen LogP contribution in [0.5, 0.6) is 0 Å². The average molecular weight is 817 g/mol. The normalized spacial score (nSPS) is 14.2. The van der Waals surface area contributed by atoms with Crippen LogP contribution in [-0.2, 0) is 27.9 Å². The third kappa shape index (κ3) is 42.5. The van der Waals surface area contributed by atoms with Crippen LogP contribution in [0.3, 0.4) is 0 Å². The Kier molecular flexibility index (Phi) is 42.7. The van der Waals surface area contributed by atoms with Crippen molar-refractivity contribution in [1.82, 2.24) is 0 Å². The van der Waals surface area contributed by atoms with Crippen LogP contribution in [0, 0.1) is 0 Å². The Balaban J connectivity index is 4.07. The van der Waals surface area contributed by atoms with E-state index in [1.165, 1.54) is 135 Å². The maximum Gasteiger partial charge on any atom is 0.472 e. The van der Waals surface area contributed by atoms with E-state index in [2.05, 4.69) is 38.2 Å². The third-order valence-corrected chi connectivity index (χ3v) is 11.1. The van der Waals surface area contributed by atoms with Gasteiger partial charge in [0.15, 0.2) is 0 Å². The lowest BCUT2D eigenvalue weighted by atomic mass is 10.0. The molecule has 0 heterocycles. The first-order valence-electron chi connectivity index (χ1n) is 23.3. The lowest BCUT2D eigenvalue weighted by Crippen LogP contribution is -2.29. The molecule has 3 unspecified atom stereocenters. The van der Waals surface area contributed by atoms with Crippen molar-refractivity contribution >= 4 is 13.8 Å². The van der Waals surface area contributed by atoms with E-state index < -0.39 is 39.2 Å². The molecule has 0 aliphatic carbocycles. The second-order valence-electron chi connectivity index (χ2n) is 15.8. The highest BCUT2D eigenvalue weighted by Crippen LogP contribution is 2.43. The summed E-state index contributed by atoms with van der Waals surface area (Å²) in [6.45, 7) is 3.50. The van der Waals surface area contributed by atoms with Crippen molar-refractivity contribution in [2.24, 2.45) is 0 Å². The van der Waals surface area contributed by atoms with Crippen molar-refractivity contribution in [3.63, 3.8) is 0 Å². The molecule has 0 saturated heterocycles. The fourth-order valence-electron chi connectivity index (χ4n) is 6.55. The van der Waals surface area contributed by atoms with Crippen LogP contribution >= 0.6 is 7.82 Å². The Hall–Kier alpha value is -1.06. The highest BCUT2D eigenvalue weighted by Gasteiger charge is 2.26. The summed E-state index contributed by atoms with van der Waals surface area (Å²) >= 11 is 0. The minimum absolute atomic E-state index is 0.0479.